The van der Waals surface area contributed by atoms with E-state index in [1.54, 1.807) is 11.3 Å². The average molecular weight is 364 g/mol. The molecule has 0 radical (unpaired) electrons. The zero-order valence-corrected chi connectivity index (χ0v) is 14.8. The summed E-state index contributed by atoms with van der Waals surface area (Å²) in [6.07, 6.45) is 0. The summed E-state index contributed by atoms with van der Waals surface area (Å²) in [5.41, 5.74) is 8.88. The lowest BCUT2D eigenvalue weighted by atomic mass is 9.87. The van der Waals surface area contributed by atoms with Gasteiger partial charge in [-0.2, -0.15) is 5.26 Å². The molecule has 3 N–H and O–H groups in total. The van der Waals surface area contributed by atoms with Crippen molar-refractivity contribution in [1.82, 2.24) is 10.2 Å². The molecule has 0 spiro atoms. The van der Waals surface area contributed by atoms with Gasteiger partial charge in [-0.25, -0.2) is 0 Å². The van der Waals surface area contributed by atoms with Crippen molar-refractivity contribution in [3.8, 4) is 29.0 Å². The van der Waals surface area contributed by atoms with E-state index in [4.69, 9.17) is 15.2 Å². The number of rotatable bonds is 4. The van der Waals surface area contributed by atoms with E-state index >= 15 is 0 Å². The fourth-order valence-corrected chi connectivity index (χ4v) is 3.96. The van der Waals surface area contributed by atoms with Crippen molar-refractivity contribution in [1.29, 1.82) is 5.26 Å². The molecular formula is C19H16N4O2S. The highest BCUT2D eigenvalue weighted by molar-refractivity contribution is 7.10. The Bertz CT molecular complexity index is 1010. The van der Waals surface area contributed by atoms with Gasteiger partial charge in [0.15, 0.2) is 0 Å². The molecule has 0 saturated heterocycles. The number of thiophene rings is 1. The highest BCUT2D eigenvalue weighted by atomic mass is 32.1. The number of nitrogens with two attached hydrogens (primary N) is 1. The van der Waals surface area contributed by atoms with Gasteiger partial charge in [-0.05, 0) is 30.5 Å². The van der Waals surface area contributed by atoms with Crippen LogP contribution in [0.5, 0.6) is 11.6 Å². The lowest BCUT2D eigenvalue weighted by molar-refractivity contribution is 0.340. The van der Waals surface area contributed by atoms with E-state index in [2.05, 4.69) is 16.3 Å². The van der Waals surface area contributed by atoms with Crippen LogP contribution in [-0.2, 0) is 0 Å². The minimum Gasteiger partial charge on any atom is -0.494 e. The number of H-pyrrole nitrogens is 1. The van der Waals surface area contributed by atoms with E-state index < -0.39 is 0 Å². The molecule has 6 nitrogen and oxygen atoms in total. The Kier molecular flexibility index (Phi) is 4.11. The minimum absolute atomic E-state index is 0.0968. The molecule has 0 amide bonds. The number of nitriles is 1. The van der Waals surface area contributed by atoms with Gasteiger partial charge >= 0.3 is 0 Å². The fraction of sp³-hybridized carbons (Fsp3) is 0.158. The summed E-state index contributed by atoms with van der Waals surface area (Å²) in [7, 11) is 0. The monoisotopic (exact) mass is 364 g/mol. The molecule has 130 valence electrons. The Labute approximate surface area is 154 Å². The second-order valence-electron chi connectivity index (χ2n) is 5.72. The normalized spacial score (nSPS) is 15.9. The molecule has 0 fully saturated rings. The predicted octanol–water partition coefficient (Wildman–Crippen LogP) is 3.76. The predicted molar refractivity (Wildman–Crippen MR) is 98.8 cm³/mol. The zero-order valence-electron chi connectivity index (χ0n) is 14.0. The third-order valence-electron chi connectivity index (χ3n) is 4.20. The third-order valence-corrected chi connectivity index (χ3v) is 5.14. The number of nitrogens with zero attached hydrogens (tertiary/aromatic N) is 2. The highest BCUT2D eigenvalue weighted by Crippen LogP contribution is 2.46. The van der Waals surface area contributed by atoms with E-state index in [0.29, 0.717) is 18.1 Å². The van der Waals surface area contributed by atoms with Crippen molar-refractivity contribution in [3.63, 3.8) is 0 Å². The summed E-state index contributed by atoms with van der Waals surface area (Å²) >= 11 is 1.57. The first-order valence-electron chi connectivity index (χ1n) is 8.15. The first kappa shape index (κ1) is 16.2. The van der Waals surface area contributed by atoms with Crippen molar-refractivity contribution < 1.29 is 9.47 Å². The number of ether oxygens (including phenoxy) is 2. The zero-order chi connectivity index (χ0) is 18.1. The largest absolute Gasteiger partial charge is 0.494 e. The molecule has 1 atom stereocenters. The van der Waals surface area contributed by atoms with Crippen molar-refractivity contribution in [3.05, 3.63) is 63.7 Å². The maximum Gasteiger partial charge on any atom is 0.244 e. The van der Waals surface area contributed by atoms with E-state index in [1.165, 1.54) is 0 Å². The molecule has 0 saturated carbocycles. The lowest BCUT2D eigenvalue weighted by Gasteiger charge is -2.22. The molecule has 26 heavy (non-hydrogen) atoms. The number of fused-ring (bicyclic) bond motifs is 1. The van der Waals surface area contributed by atoms with E-state index in [0.717, 1.165) is 27.4 Å². The molecule has 7 heteroatoms. The quantitative estimate of drug-likeness (QED) is 0.735. The van der Waals surface area contributed by atoms with Gasteiger partial charge < -0.3 is 15.2 Å². The van der Waals surface area contributed by atoms with Crippen LogP contribution in [0.4, 0.5) is 0 Å². The van der Waals surface area contributed by atoms with Gasteiger partial charge in [0, 0.05) is 10.4 Å². The van der Waals surface area contributed by atoms with Crippen LogP contribution < -0.4 is 15.2 Å². The highest BCUT2D eigenvalue weighted by Gasteiger charge is 2.36. The number of hydrogen-bond acceptors (Lipinski definition) is 6. The first-order chi connectivity index (χ1) is 12.7. The summed E-state index contributed by atoms with van der Waals surface area (Å²) in [6, 6.07) is 13.9. The van der Waals surface area contributed by atoms with E-state index in [-0.39, 0.29) is 11.8 Å². The Morgan fingerprint density at radius 1 is 1.38 bits per heavy atom. The van der Waals surface area contributed by atoms with Crippen LogP contribution in [0.1, 0.15) is 23.3 Å². The second-order valence-corrected chi connectivity index (χ2v) is 6.70. The molecule has 1 aromatic carbocycles. The number of aromatic amines is 1. The number of allylic oxidation sites excluding steroid dienone is 1. The van der Waals surface area contributed by atoms with Gasteiger partial charge in [-0.1, -0.05) is 18.2 Å². The molecule has 1 aliphatic rings. The minimum atomic E-state index is -0.312. The standard InChI is InChI=1S/C19H16N4O2S/c1-2-24-12-6-3-5-11(9-12)17-16-15(14-7-4-8-26-14)13(10-20)18(21)25-19(16)23-22-17/h3-9,15H,2,21H2,1H3,(H,22,23)/t15-/m0/s1. The van der Waals surface area contributed by atoms with Gasteiger partial charge in [0.05, 0.1) is 23.8 Å². The molecule has 1 aliphatic heterocycles. The van der Waals surface area contributed by atoms with E-state index in [1.807, 2.05) is 48.7 Å². The number of hydrogen-bond donors (Lipinski definition) is 2. The molecule has 0 bridgehead atoms. The Balaban J connectivity index is 1.89. The van der Waals surface area contributed by atoms with Crippen LogP contribution in [0.25, 0.3) is 11.3 Å². The van der Waals surface area contributed by atoms with Gasteiger partial charge in [-0.15, -0.1) is 16.4 Å². The van der Waals surface area contributed by atoms with Gasteiger partial charge in [-0.3, -0.25) is 5.10 Å². The second kappa shape index (κ2) is 6.58. The van der Waals surface area contributed by atoms with Crippen molar-refractivity contribution in [2.45, 2.75) is 12.8 Å². The summed E-state index contributed by atoms with van der Waals surface area (Å²) in [6.45, 7) is 2.53. The maximum atomic E-state index is 9.66. The topological polar surface area (TPSA) is 97.0 Å². The van der Waals surface area contributed by atoms with Gasteiger partial charge in [0.1, 0.15) is 17.4 Å². The molecule has 4 rings (SSSR count). The molecule has 3 aromatic rings. The SMILES string of the molecule is CCOc1cccc(-c2[nH]nc3c2[C@H](c2cccs2)C(C#N)=C(N)O3)c1. The summed E-state index contributed by atoms with van der Waals surface area (Å²) < 4.78 is 11.2. The molecule has 3 heterocycles. The van der Waals surface area contributed by atoms with Crippen LogP contribution in [0.2, 0.25) is 0 Å². The van der Waals surface area contributed by atoms with Crippen LogP contribution in [-0.4, -0.2) is 16.8 Å². The van der Waals surface area contributed by atoms with Crippen LogP contribution in [0.15, 0.2) is 53.2 Å². The number of nitrogens with one attached hydrogen (secondary N) is 1. The van der Waals surface area contributed by atoms with Crippen molar-refractivity contribution >= 4 is 11.3 Å². The smallest absolute Gasteiger partial charge is 0.244 e. The number of benzene rings is 1. The Morgan fingerprint density at radius 2 is 2.27 bits per heavy atom. The third kappa shape index (κ3) is 2.61. The van der Waals surface area contributed by atoms with Crippen molar-refractivity contribution in [2.75, 3.05) is 6.61 Å². The van der Waals surface area contributed by atoms with Gasteiger partial charge in [0.25, 0.3) is 0 Å². The molecule has 2 aromatic heterocycles. The first-order valence-corrected chi connectivity index (χ1v) is 9.03. The van der Waals surface area contributed by atoms with Crippen LogP contribution >= 0.6 is 11.3 Å². The molecule has 0 unspecified atom stereocenters. The van der Waals surface area contributed by atoms with Crippen LogP contribution in [0.3, 0.4) is 0 Å². The lowest BCUT2D eigenvalue weighted by Crippen LogP contribution is -2.20. The molecular weight excluding hydrogens is 348 g/mol. The molecule has 0 aliphatic carbocycles. The Morgan fingerprint density at radius 3 is 3.00 bits per heavy atom. The number of aromatic nitrogens is 2. The van der Waals surface area contributed by atoms with Crippen LogP contribution in [0, 0.1) is 11.3 Å². The Hall–Kier alpha value is -3.24. The summed E-state index contributed by atoms with van der Waals surface area (Å²) in [5, 5.41) is 19.0. The fourth-order valence-electron chi connectivity index (χ4n) is 3.11. The average Bonchev–Trinajstić information content (AvgIpc) is 3.31. The summed E-state index contributed by atoms with van der Waals surface area (Å²) in [5.74, 6) is 0.956. The summed E-state index contributed by atoms with van der Waals surface area (Å²) in [4.78, 5) is 1.01. The van der Waals surface area contributed by atoms with Gasteiger partial charge in [0.2, 0.25) is 11.8 Å². The van der Waals surface area contributed by atoms with Crippen molar-refractivity contribution in [2.24, 2.45) is 5.73 Å². The maximum absolute atomic E-state index is 9.66. The van der Waals surface area contributed by atoms with E-state index in [9.17, 15) is 5.26 Å².